The minimum absolute atomic E-state index is 0. The molecule has 0 aromatic heterocycles. The van der Waals surface area contributed by atoms with Crippen LogP contribution in [0.3, 0.4) is 0 Å². The molecule has 2 saturated heterocycles. The van der Waals surface area contributed by atoms with E-state index in [1.165, 1.54) is 32.4 Å². The fraction of sp³-hybridized carbons (Fsp3) is 0.889. The Kier molecular flexibility index (Phi) is 8.72. The Balaban J connectivity index is 0.00000243. The summed E-state index contributed by atoms with van der Waals surface area (Å²) in [6.07, 6.45) is 3.86. The zero-order valence-electron chi connectivity index (χ0n) is 16.2. The monoisotopic (exact) mass is 479 g/mol. The van der Waals surface area contributed by atoms with Crippen LogP contribution in [0.4, 0.5) is 4.79 Å². The molecule has 1 amide bonds. The van der Waals surface area contributed by atoms with Crippen LogP contribution in [0.5, 0.6) is 0 Å². The smallest absolute Gasteiger partial charge is 0.409 e. The second kappa shape index (κ2) is 10.5. The number of guanidine groups is 1. The Morgan fingerprint density at radius 2 is 1.77 bits per heavy atom. The van der Waals surface area contributed by atoms with Crippen molar-refractivity contribution >= 4 is 36.0 Å². The molecule has 0 bridgehead atoms. The van der Waals surface area contributed by atoms with Crippen LogP contribution in [0.2, 0.25) is 0 Å². The maximum Gasteiger partial charge on any atom is 0.409 e. The third-order valence-corrected chi connectivity index (χ3v) is 5.32. The summed E-state index contributed by atoms with van der Waals surface area (Å²) >= 11 is 0. The summed E-state index contributed by atoms with van der Waals surface area (Å²) in [4.78, 5) is 23.4. The molecule has 2 heterocycles. The van der Waals surface area contributed by atoms with E-state index < -0.39 is 0 Å². The molecule has 3 rings (SSSR count). The summed E-state index contributed by atoms with van der Waals surface area (Å²) < 4.78 is 5.09. The minimum Gasteiger partial charge on any atom is -0.450 e. The van der Waals surface area contributed by atoms with Crippen molar-refractivity contribution in [2.45, 2.75) is 39.2 Å². The van der Waals surface area contributed by atoms with E-state index in [2.05, 4.69) is 22.0 Å². The molecule has 7 nitrogen and oxygen atoms in total. The number of carbonyl (C=O) groups excluding carboxylic acids is 1. The van der Waals surface area contributed by atoms with E-state index in [9.17, 15) is 4.79 Å². The van der Waals surface area contributed by atoms with Crippen LogP contribution in [-0.4, -0.2) is 91.8 Å². The number of nitrogens with one attached hydrogen (secondary N) is 1. The minimum atomic E-state index is -0.199. The maximum absolute atomic E-state index is 11.8. The molecule has 8 heteroatoms. The second-order valence-electron chi connectivity index (χ2n) is 7.25. The number of rotatable bonds is 5. The predicted molar refractivity (Wildman–Crippen MR) is 114 cm³/mol. The Morgan fingerprint density at radius 3 is 2.38 bits per heavy atom. The molecular formula is C18H34IN5O2. The molecule has 3 aliphatic rings. The number of hydrogen-bond acceptors (Lipinski definition) is 4. The highest BCUT2D eigenvalue weighted by Crippen LogP contribution is 2.31. The van der Waals surface area contributed by atoms with Gasteiger partial charge < -0.3 is 24.8 Å². The van der Waals surface area contributed by atoms with Gasteiger partial charge in [-0.3, -0.25) is 4.99 Å². The number of carbonyl (C=O) groups is 1. The highest BCUT2D eigenvalue weighted by Gasteiger charge is 2.34. The van der Waals surface area contributed by atoms with E-state index >= 15 is 0 Å². The van der Waals surface area contributed by atoms with Crippen molar-refractivity contribution in [3.8, 4) is 0 Å². The largest absolute Gasteiger partial charge is 0.450 e. The molecule has 3 fully saturated rings. The molecule has 1 N–H and O–H groups in total. The van der Waals surface area contributed by atoms with Gasteiger partial charge in [0, 0.05) is 51.9 Å². The summed E-state index contributed by atoms with van der Waals surface area (Å²) in [6, 6.07) is 0.873. The molecule has 1 saturated carbocycles. The lowest BCUT2D eigenvalue weighted by atomic mass is 10.1. The lowest BCUT2D eigenvalue weighted by molar-refractivity contribution is 0.0914. The van der Waals surface area contributed by atoms with Crippen LogP contribution in [0.25, 0.3) is 0 Å². The van der Waals surface area contributed by atoms with Crippen molar-refractivity contribution in [2.75, 3.05) is 59.0 Å². The van der Waals surface area contributed by atoms with Gasteiger partial charge in [-0.15, -0.1) is 24.0 Å². The highest BCUT2D eigenvalue weighted by atomic mass is 127. The van der Waals surface area contributed by atoms with Crippen LogP contribution in [-0.2, 0) is 4.74 Å². The molecule has 2 aliphatic heterocycles. The van der Waals surface area contributed by atoms with Crippen LogP contribution in [0.1, 0.15) is 33.1 Å². The standard InChI is InChI=1S/C18H33N5O2.HI/c1-3-19-17(20-13-15-7-8-23(14-15)16-5-6-16)21-9-11-22(12-10-21)18(24)25-4-2;/h15-16H,3-14H2,1-2H3,(H,19,20);1H. The summed E-state index contributed by atoms with van der Waals surface area (Å²) in [5.74, 6) is 1.69. The Morgan fingerprint density at radius 1 is 1.08 bits per heavy atom. The quantitative estimate of drug-likeness (QED) is 0.371. The van der Waals surface area contributed by atoms with Crippen LogP contribution in [0.15, 0.2) is 4.99 Å². The van der Waals surface area contributed by atoms with Crippen molar-refractivity contribution in [3.63, 3.8) is 0 Å². The Bertz CT molecular complexity index is 478. The first-order valence-electron chi connectivity index (χ1n) is 9.90. The second-order valence-corrected chi connectivity index (χ2v) is 7.25. The van der Waals surface area contributed by atoms with Gasteiger partial charge in [-0.25, -0.2) is 4.79 Å². The van der Waals surface area contributed by atoms with Gasteiger partial charge in [0.1, 0.15) is 0 Å². The zero-order chi connectivity index (χ0) is 17.6. The predicted octanol–water partition coefficient (Wildman–Crippen LogP) is 1.83. The molecule has 1 unspecified atom stereocenters. The number of piperazine rings is 1. The first-order valence-corrected chi connectivity index (χ1v) is 9.90. The average molecular weight is 479 g/mol. The van der Waals surface area contributed by atoms with Gasteiger partial charge in [0.15, 0.2) is 5.96 Å². The number of amides is 1. The number of likely N-dealkylation sites (tertiary alicyclic amines) is 1. The normalized spacial score (nSPS) is 24.4. The van der Waals surface area contributed by atoms with E-state index in [1.807, 2.05) is 6.92 Å². The van der Waals surface area contributed by atoms with Gasteiger partial charge in [-0.05, 0) is 45.6 Å². The van der Waals surface area contributed by atoms with Crippen molar-refractivity contribution < 1.29 is 9.53 Å². The van der Waals surface area contributed by atoms with Gasteiger partial charge in [-0.1, -0.05) is 0 Å². The van der Waals surface area contributed by atoms with Gasteiger partial charge in [0.05, 0.1) is 6.61 Å². The lowest BCUT2D eigenvalue weighted by Crippen LogP contribution is -2.54. The molecule has 1 aliphatic carbocycles. The molecule has 26 heavy (non-hydrogen) atoms. The Hall–Kier alpha value is -0.770. The van der Waals surface area contributed by atoms with Gasteiger partial charge >= 0.3 is 6.09 Å². The molecular weight excluding hydrogens is 445 g/mol. The highest BCUT2D eigenvalue weighted by molar-refractivity contribution is 14.0. The first-order chi connectivity index (χ1) is 12.2. The average Bonchev–Trinajstić information content (AvgIpc) is 3.37. The van der Waals surface area contributed by atoms with E-state index in [1.54, 1.807) is 4.90 Å². The third kappa shape index (κ3) is 5.87. The van der Waals surface area contributed by atoms with Gasteiger partial charge in [-0.2, -0.15) is 0 Å². The lowest BCUT2D eigenvalue weighted by Gasteiger charge is -2.36. The molecule has 1 atom stereocenters. The van der Waals surface area contributed by atoms with Crippen molar-refractivity contribution in [3.05, 3.63) is 0 Å². The summed E-state index contributed by atoms with van der Waals surface area (Å²) in [5, 5.41) is 3.42. The summed E-state index contributed by atoms with van der Waals surface area (Å²) in [6.45, 7) is 11.6. The van der Waals surface area contributed by atoms with Gasteiger partial charge in [0.2, 0.25) is 0 Å². The zero-order valence-corrected chi connectivity index (χ0v) is 18.5. The molecule has 0 aromatic rings. The summed E-state index contributed by atoms with van der Waals surface area (Å²) in [5.41, 5.74) is 0. The fourth-order valence-corrected chi connectivity index (χ4v) is 3.74. The van der Waals surface area contributed by atoms with E-state index in [0.29, 0.717) is 25.6 Å². The van der Waals surface area contributed by atoms with E-state index in [0.717, 1.165) is 38.2 Å². The van der Waals surface area contributed by atoms with Crippen molar-refractivity contribution in [2.24, 2.45) is 10.9 Å². The molecule has 0 spiro atoms. The SMILES string of the molecule is CCNC(=NCC1CCN(C2CC2)C1)N1CCN(C(=O)OCC)CC1.I. The van der Waals surface area contributed by atoms with Crippen molar-refractivity contribution in [1.82, 2.24) is 20.0 Å². The van der Waals surface area contributed by atoms with E-state index in [-0.39, 0.29) is 30.1 Å². The van der Waals surface area contributed by atoms with Crippen LogP contribution >= 0.6 is 24.0 Å². The fourth-order valence-electron chi connectivity index (χ4n) is 3.74. The Labute approximate surface area is 174 Å². The van der Waals surface area contributed by atoms with Crippen LogP contribution < -0.4 is 5.32 Å². The third-order valence-electron chi connectivity index (χ3n) is 5.32. The number of hydrogen-bond donors (Lipinski definition) is 1. The number of nitrogens with zero attached hydrogens (tertiary/aromatic N) is 4. The number of aliphatic imine (C=N–C) groups is 1. The molecule has 0 radical (unpaired) electrons. The van der Waals surface area contributed by atoms with Gasteiger partial charge in [0.25, 0.3) is 0 Å². The topological polar surface area (TPSA) is 60.4 Å². The maximum atomic E-state index is 11.8. The summed E-state index contributed by atoms with van der Waals surface area (Å²) in [7, 11) is 0. The molecule has 0 aromatic carbocycles. The number of ether oxygens (including phenoxy) is 1. The number of halogens is 1. The first kappa shape index (κ1) is 21.5. The van der Waals surface area contributed by atoms with Crippen LogP contribution in [0, 0.1) is 5.92 Å². The van der Waals surface area contributed by atoms with E-state index in [4.69, 9.17) is 9.73 Å². The molecule has 150 valence electrons. The van der Waals surface area contributed by atoms with Crippen molar-refractivity contribution in [1.29, 1.82) is 0 Å².